The Morgan fingerprint density at radius 1 is 1.32 bits per heavy atom. The Morgan fingerprint density at radius 3 is 2.32 bits per heavy atom. The van der Waals surface area contributed by atoms with Gasteiger partial charge < -0.3 is 15.7 Å². The fraction of sp³-hybridized carbons (Fsp3) is 0.933. The summed E-state index contributed by atoms with van der Waals surface area (Å²) < 4.78 is 0. The highest BCUT2D eigenvalue weighted by molar-refractivity contribution is 5.73. The van der Waals surface area contributed by atoms with Crippen molar-refractivity contribution < 1.29 is 9.90 Å². The zero-order valence-electron chi connectivity index (χ0n) is 12.8. The minimum absolute atomic E-state index is 0.0658. The highest BCUT2D eigenvalue weighted by Crippen LogP contribution is 2.22. The molecule has 1 amide bonds. The van der Waals surface area contributed by atoms with E-state index in [2.05, 4.69) is 24.5 Å². The molecule has 0 heterocycles. The first kappa shape index (κ1) is 16.4. The summed E-state index contributed by atoms with van der Waals surface area (Å²) in [5.74, 6) is 0.367. The molecule has 0 spiro atoms. The van der Waals surface area contributed by atoms with Gasteiger partial charge in [0.05, 0.1) is 5.60 Å². The Labute approximate surface area is 117 Å². The van der Waals surface area contributed by atoms with E-state index < -0.39 is 5.60 Å². The second kappa shape index (κ2) is 7.25. The lowest BCUT2D eigenvalue weighted by Crippen LogP contribution is -2.48. The predicted molar refractivity (Wildman–Crippen MR) is 77.9 cm³/mol. The van der Waals surface area contributed by atoms with Crippen LogP contribution in [0.5, 0.6) is 0 Å². The largest absolute Gasteiger partial charge is 0.389 e. The quantitative estimate of drug-likeness (QED) is 0.690. The molecular formula is C15H30N2O2. The topological polar surface area (TPSA) is 61.4 Å². The van der Waals surface area contributed by atoms with Crippen molar-refractivity contribution in [2.45, 2.75) is 77.5 Å². The molecule has 4 heteroatoms. The molecule has 0 aromatic rings. The van der Waals surface area contributed by atoms with E-state index in [1.54, 1.807) is 6.92 Å². The van der Waals surface area contributed by atoms with Crippen molar-refractivity contribution in [1.29, 1.82) is 0 Å². The number of aliphatic hydroxyl groups is 1. The summed E-state index contributed by atoms with van der Waals surface area (Å²) in [6.45, 7) is 8.34. The molecule has 0 aromatic heterocycles. The smallest absolute Gasteiger partial charge is 0.217 e. The number of hydrogen-bond acceptors (Lipinski definition) is 3. The first-order valence-electron chi connectivity index (χ1n) is 7.58. The van der Waals surface area contributed by atoms with Crippen LogP contribution in [0.25, 0.3) is 0 Å². The molecule has 0 unspecified atom stereocenters. The summed E-state index contributed by atoms with van der Waals surface area (Å²) in [4.78, 5) is 11.0. The van der Waals surface area contributed by atoms with Crippen LogP contribution < -0.4 is 10.6 Å². The molecule has 1 rings (SSSR count). The number of hydrogen-bond donors (Lipinski definition) is 3. The van der Waals surface area contributed by atoms with Crippen molar-refractivity contribution in [2.75, 3.05) is 6.54 Å². The first-order chi connectivity index (χ1) is 8.85. The maximum absolute atomic E-state index is 11.0. The number of rotatable bonds is 6. The Kier molecular flexibility index (Phi) is 6.27. The second-order valence-corrected chi connectivity index (χ2v) is 6.30. The minimum atomic E-state index is -0.636. The number of carbonyl (C=O) groups is 1. The molecule has 2 atom stereocenters. The van der Waals surface area contributed by atoms with Crippen LogP contribution in [0.1, 0.15) is 59.8 Å². The van der Waals surface area contributed by atoms with Crippen LogP contribution in [0, 0.1) is 5.92 Å². The Hall–Kier alpha value is -0.610. The molecule has 0 bridgehead atoms. The van der Waals surface area contributed by atoms with Crippen molar-refractivity contribution in [3.63, 3.8) is 0 Å². The van der Waals surface area contributed by atoms with Crippen LogP contribution in [0.2, 0.25) is 0 Å². The van der Waals surface area contributed by atoms with Crippen molar-refractivity contribution >= 4 is 5.91 Å². The predicted octanol–water partition coefficient (Wildman–Crippen LogP) is 1.82. The first-order valence-corrected chi connectivity index (χ1v) is 7.58. The SMILES string of the molecule is CC[C@@H](C)[C@@](C)(O)CNC1CCC(NC(C)=O)CC1. The van der Waals surface area contributed by atoms with Gasteiger partial charge in [-0.2, -0.15) is 0 Å². The van der Waals surface area contributed by atoms with Gasteiger partial charge in [-0.05, 0) is 38.5 Å². The van der Waals surface area contributed by atoms with Crippen molar-refractivity contribution in [3.05, 3.63) is 0 Å². The zero-order valence-corrected chi connectivity index (χ0v) is 12.8. The lowest BCUT2D eigenvalue weighted by molar-refractivity contribution is -0.119. The van der Waals surface area contributed by atoms with Crippen LogP contribution in [-0.2, 0) is 4.79 Å². The second-order valence-electron chi connectivity index (χ2n) is 6.30. The van der Waals surface area contributed by atoms with Gasteiger partial charge in [0.15, 0.2) is 0 Å². The monoisotopic (exact) mass is 270 g/mol. The van der Waals surface area contributed by atoms with E-state index in [9.17, 15) is 9.90 Å². The van der Waals surface area contributed by atoms with Gasteiger partial charge in [0.25, 0.3) is 0 Å². The average molecular weight is 270 g/mol. The molecule has 4 nitrogen and oxygen atoms in total. The molecule has 112 valence electrons. The van der Waals surface area contributed by atoms with Gasteiger partial charge in [0, 0.05) is 25.6 Å². The number of carbonyl (C=O) groups excluding carboxylic acids is 1. The van der Waals surface area contributed by atoms with E-state index in [1.807, 2.05) is 6.92 Å². The molecular weight excluding hydrogens is 240 g/mol. The van der Waals surface area contributed by atoms with Gasteiger partial charge in [-0.3, -0.25) is 4.79 Å². The zero-order chi connectivity index (χ0) is 14.5. The highest BCUT2D eigenvalue weighted by Gasteiger charge is 2.29. The van der Waals surface area contributed by atoms with E-state index in [0.717, 1.165) is 32.1 Å². The summed E-state index contributed by atoms with van der Waals surface area (Å²) in [5.41, 5.74) is -0.636. The van der Waals surface area contributed by atoms with Gasteiger partial charge in [0.1, 0.15) is 0 Å². The molecule has 0 radical (unpaired) electrons. The fourth-order valence-corrected chi connectivity index (χ4v) is 2.69. The Bertz CT molecular complexity index is 284. The van der Waals surface area contributed by atoms with E-state index in [-0.39, 0.29) is 5.91 Å². The van der Waals surface area contributed by atoms with Crippen molar-refractivity contribution in [1.82, 2.24) is 10.6 Å². The molecule has 1 aliphatic carbocycles. The Balaban J connectivity index is 2.28. The maximum atomic E-state index is 11.0. The molecule has 19 heavy (non-hydrogen) atoms. The van der Waals surface area contributed by atoms with Crippen LogP contribution >= 0.6 is 0 Å². The summed E-state index contributed by atoms with van der Waals surface area (Å²) in [6, 6.07) is 0.811. The molecule has 1 aliphatic rings. The van der Waals surface area contributed by atoms with Gasteiger partial charge in [-0.1, -0.05) is 20.3 Å². The lowest BCUT2D eigenvalue weighted by Gasteiger charge is -2.34. The van der Waals surface area contributed by atoms with Crippen LogP contribution in [0.3, 0.4) is 0 Å². The third-order valence-corrected chi connectivity index (χ3v) is 4.56. The maximum Gasteiger partial charge on any atom is 0.217 e. The van der Waals surface area contributed by atoms with E-state index in [4.69, 9.17) is 0 Å². The van der Waals surface area contributed by atoms with E-state index >= 15 is 0 Å². The van der Waals surface area contributed by atoms with E-state index in [1.165, 1.54) is 0 Å². The molecule has 0 aromatic carbocycles. The number of amides is 1. The van der Waals surface area contributed by atoms with Gasteiger partial charge in [0.2, 0.25) is 5.91 Å². The minimum Gasteiger partial charge on any atom is -0.389 e. The fourth-order valence-electron chi connectivity index (χ4n) is 2.69. The normalized spacial score (nSPS) is 28.5. The van der Waals surface area contributed by atoms with Crippen LogP contribution in [0.4, 0.5) is 0 Å². The van der Waals surface area contributed by atoms with E-state index in [0.29, 0.717) is 24.5 Å². The molecule has 0 aliphatic heterocycles. The standard InChI is InChI=1S/C15H30N2O2/c1-5-11(2)15(4,19)10-16-13-6-8-14(9-7-13)17-12(3)18/h11,13-14,16,19H,5-10H2,1-4H3,(H,17,18)/t11-,13?,14?,15+/m1/s1. The van der Waals surface area contributed by atoms with Crippen LogP contribution in [0.15, 0.2) is 0 Å². The molecule has 1 saturated carbocycles. The van der Waals surface area contributed by atoms with Gasteiger partial charge in [-0.25, -0.2) is 0 Å². The molecule has 1 fully saturated rings. The summed E-state index contributed by atoms with van der Waals surface area (Å²) in [5, 5.41) is 16.8. The highest BCUT2D eigenvalue weighted by atomic mass is 16.3. The van der Waals surface area contributed by atoms with Gasteiger partial charge >= 0.3 is 0 Å². The van der Waals surface area contributed by atoms with Crippen LogP contribution in [-0.4, -0.2) is 35.2 Å². The number of nitrogens with one attached hydrogen (secondary N) is 2. The third-order valence-electron chi connectivity index (χ3n) is 4.56. The molecule has 0 saturated heterocycles. The summed E-state index contributed by atoms with van der Waals surface area (Å²) >= 11 is 0. The van der Waals surface area contributed by atoms with Gasteiger partial charge in [-0.15, -0.1) is 0 Å². The third kappa shape index (κ3) is 5.49. The summed E-state index contributed by atoms with van der Waals surface area (Å²) in [6.07, 6.45) is 5.19. The van der Waals surface area contributed by atoms with Crippen molar-refractivity contribution in [3.8, 4) is 0 Å². The summed E-state index contributed by atoms with van der Waals surface area (Å²) in [7, 11) is 0. The average Bonchev–Trinajstić information content (AvgIpc) is 2.36. The van der Waals surface area contributed by atoms with Crippen molar-refractivity contribution in [2.24, 2.45) is 5.92 Å². The Morgan fingerprint density at radius 2 is 1.84 bits per heavy atom. The lowest BCUT2D eigenvalue weighted by atomic mass is 9.87. The molecule has 3 N–H and O–H groups in total.